The topological polar surface area (TPSA) is 34.1 Å². The van der Waals surface area contributed by atoms with E-state index in [1.54, 1.807) is 19.2 Å². The summed E-state index contributed by atoms with van der Waals surface area (Å²) in [6.45, 7) is 1.03. The molecule has 0 amide bonds. The molecular weight excluding hydrogens is 263 g/mol. The Labute approximate surface area is 115 Å². The van der Waals surface area contributed by atoms with Gasteiger partial charge in [-0.2, -0.15) is 0 Å². The van der Waals surface area contributed by atoms with E-state index in [1.165, 1.54) is 23.8 Å². The number of nitrogens with zero attached hydrogens (tertiary/aromatic N) is 1. The fourth-order valence-corrected chi connectivity index (χ4v) is 3.30. The van der Waals surface area contributed by atoms with Gasteiger partial charge in [0.2, 0.25) is 0 Å². The summed E-state index contributed by atoms with van der Waals surface area (Å²) in [5.41, 5.74) is 1.46. The minimum absolute atomic E-state index is 0.292. The third kappa shape index (κ3) is 2.35. The van der Waals surface area contributed by atoms with Crippen molar-refractivity contribution in [3.8, 4) is 16.3 Å². The molecule has 100 valence electrons. The van der Waals surface area contributed by atoms with E-state index < -0.39 is 0 Å². The van der Waals surface area contributed by atoms with Crippen molar-refractivity contribution >= 4 is 11.3 Å². The summed E-state index contributed by atoms with van der Waals surface area (Å²) in [5.74, 6) is 0.236. The molecule has 1 saturated heterocycles. The van der Waals surface area contributed by atoms with Crippen molar-refractivity contribution in [2.75, 3.05) is 13.7 Å². The minimum Gasteiger partial charge on any atom is -0.496 e. The fraction of sp³-hybridized carbons (Fsp3) is 0.357. The molecule has 2 aromatic rings. The highest BCUT2D eigenvalue weighted by Crippen LogP contribution is 2.36. The lowest BCUT2D eigenvalue weighted by Crippen LogP contribution is -2.12. The van der Waals surface area contributed by atoms with E-state index in [1.807, 2.05) is 5.38 Å². The van der Waals surface area contributed by atoms with Crippen LogP contribution in [0.5, 0.6) is 5.75 Å². The lowest BCUT2D eigenvalue weighted by molar-refractivity contribution is 0.413. The first-order valence-corrected chi connectivity index (χ1v) is 7.19. The SMILES string of the molecule is COc1cccc(F)c1-c1nc([C@@H]2CCCN2)cs1. The van der Waals surface area contributed by atoms with Gasteiger partial charge in [0, 0.05) is 5.38 Å². The second-order valence-corrected chi connectivity index (χ2v) is 5.40. The molecule has 1 N–H and O–H groups in total. The number of aromatic nitrogens is 1. The van der Waals surface area contributed by atoms with Gasteiger partial charge in [-0.25, -0.2) is 9.37 Å². The largest absolute Gasteiger partial charge is 0.496 e. The molecule has 3 nitrogen and oxygen atoms in total. The third-order valence-corrected chi connectivity index (χ3v) is 4.23. The zero-order chi connectivity index (χ0) is 13.2. The maximum Gasteiger partial charge on any atom is 0.137 e. The van der Waals surface area contributed by atoms with Gasteiger partial charge < -0.3 is 10.1 Å². The van der Waals surface area contributed by atoms with Crippen LogP contribution in [0, 0.1) is 5.82 Å². The Morgan fingerprint density at radius 3 is 3.11 bits per heavy atom. The molecular formula is C14H15FN2OS. The smallest absolute Gasteiger partial charge is 0.137 e. The maximum atomic E-state index is 14.0. The van der Waals surface area contributed by atoms with E-state index in [-0.39, 0.29) is 5.82 Å². The van der Waals surface area contributed by atoms with Gasteiger partial charge in [0.05, 0.1) is 24.4 Å². The van der Waals surface area contributed by atoms with Crippen LogP contribution in [0.15, 0.2) is 23.6 Å². The highest BCUT2D eigenvalue weighted by atomic mass is 32.1. The summed E-state index contributed by atoms with van der Waals surface area (Å²) in [5, 5.41) is 6.08. The van der Waals surface area contributed by atoms with Gasteiger partial charge in [-0.3, -0.25) is 0 Å². The lowest BCUT2D eigenvalue weighted by atomic mass is 10.1. The number of methoxy groups -OCH3 is 1. The minimum atomic E-state index is -0.292. The number of thiazole rings is 1. The zero-order valence-corrected chi connectivity index (χ0v) is 11.5. The summed E-state index contributed by atoms with van der Waals surface area (Å²) in [7, 11) is 1.55. The first-order valence-electron chi connectivity index (χ1n) is 6.31. The molecule has 1 atom stereocenters. The molecule has 2 heterocycles. The number of ether oxygens (including phenoxy) is 1. The average molecular weight is 278 g/mol. The molecule has 3 rings (SSSR count). The van der Waals surface area contributed by atoms with E-state index in [2.05, 4.69) is 10.3 Å². The first kappa shape index (κ1) is 12.6. The number of nitrogens with one attached hydrogen (secondary N) is 1. The standard InChI is InChI=1S/C14H15FN2OS/c1-18-12-6-2-4-9(15)13(12)14-17-11(8-19-14)10-5-3-7-16-10/h2,4,6,8,10,16H,3,5,7H2,1H3/t10-/m0/s1. The molecule has 0 bridgehead atoms. The van der Waals surface area contributed by atoms with Gasteiger partial charge in [-0.15, -0.1) is 11.3 Å². The van der Waals surface area contributed by atoms with Crippen LogP contribution in [-0.2, 0) is 0 Å². The van der Waals surface area contributed by atoms with Crippen LogP contribution in [0.25, 0.3) is 10.6 Å². The van der Waals surface area contributed by atoms with Gasteiger partial charge in [-0.05, 0) is 31.5 Å². The zero-order valence-electron chi connectivity index (χ0n) is 10.6. The van der Waals surface area contributed by atoms with Crippen molar-refractivity contribution in [3.63, 3.8) is 0 Å². The van der Waals surface area contributed by atoms with Gasteiger partial charge in [0.15, 0.2) is 0 Å². The quantitative estimate of drug-likeness (QED) is 0.934. The highest BCUT2D eigenvalue weighted by molar-refractivity contribution is 7.13. The molecule has 1 aromatic heterocycles. The van der Waals surface area contributed by atoms with Crippen LogP contribution in [-0.4, -0.2) is 18.6 Å². The molecule has 0 spiro atoms. The predicted molar refractivity (Wildman–Crippen MR) is 74.0 cm³/mol. The fourth-order valence-electron chi connectivity index (χ4n) is 2.38. The lowest BCUT2D eigenvalue weighted by Gasteiger charge is -2.07. The number of halogens is 1. The van der Waals surface area contributed by atoms with Crippen molar-refractivity contribution in [2.45, 2.75) is 18.9 Å². The van der Waals surface area contributed by atoms with E-state index in [9.17, 15) is 4.39 Å². The van der Waals surface area contributed by atoms with E-state index in [0.717, 1.165) is 18.7 Å². The van der Waals surface area contributed by atoms with Crippen LogP contribution in [0.2, 0.25) is 0 Å². The van der Waals surface area contributed by atoms with Gasteiger partial charge in [-0.1, -0.05) is 6.07 Å². The molecule has 1 aliphatic rings. The number of rotatable bonds is 3. The van der Waals surface area contributed by atoms with Gasteiger partial charge in [0.25, 0.3) is 0 Å². The summed E-state index contributed by atoms with van der Waals surface area (Å²) in [6, 6.07) is 5.15. The molecule has 1 aliphatic heterocycles. The average Bonchev–Trinajstić information content (AvgIpc) is 3.08. The molecule has 0 saturated carbocycles. The normalized spacial score (nSPS) is 18.7. The number of benzene rings is 1. The third-order valence-electron chi connectivity index (χ3n) is 3.35. The predicted octanol–water partition coefficient (Wildman–Crippen LogP) is 3.38. The van der Waals surface area contributed by atoms with Crippen LogP contribution >= 0.6 is 11.3 Å². The van der Waals surface area contributed by atoms with E-state index >= 15 is 0 Å². The van der Waals surface area contributed by atoms with Crippen molar-refractivity contribution < 1.29 is 9.13 Å². The Morgan fingerprint density at radius 2 is 2.37 bits per heavy atom. The Hall–Kier alpha value is -1.46. The van der Waals surface area contributed by atoms with Crippen molar-refractivity contribution in [1.82, 2.24) is 10.3 Å². The van der Waals surface area contributed by atoms with Crippen molar-refractivity contribution in [1.29, 1.82) is 0 Å². The molecule has 1 fully saturated rings. The van der Waals surface area contributed by atoms with Crippen LogP contribution in [0.1, 0.15) is 24.6 Å². The molecule has 0 radical (unpaired) electrons. The number of hydrogen-bond acceptors (Lipinski definition) is 4. The summed E-state index contributed by atoms with van der Waals surface area (Å²) in [4.78, 5) is 4.57. The van der Waals surface area contributed by atoms with Crippen molar-refractivity contribution in [3.05, 3.63) is 35.1 Å². The van der Waals surface area contributed by atoms with Crippen LogP contribution < -0.4 is 10.1 Å². The summed E-state index contributed by atoms with van der Waals surface area (Å²) < 4.78 is 19.2. The Kier molecular flexibility index (Phi) is 3.48. The molecule has 1 aromatic carbocycles. The monoisotopic (exact) mass is 278 g/mol. The van der Waals surface area contributed by atoms with Gasteiger partial charge in [0.1, 0.15) is 16.6 Å². The van der Waals surface area contributed by atoms with E-state index in [4.69, 9.17) is 4.74 Å². The molecule has 0 aliphatic carbocycles. The van der Waals surface area contributed by atoms with Crippen LogP contribution in [0.4, 0.5) is 4.39 Å². The molecule has 5 heteroatoms. The Bertz CT molecular complexity index is 579. The molecule has 19 heavy (non-hydrogen) atoms. The van der Waals surface area contributed by atoms with E-state index in [0.29, 0.717) is 22.4 Å². The second-order valence-electron chi connectivity index (χ2n) is 4.54. The number of hydrogen-bond donors (Lipinski definition) is 1. The van der Waals surface area contributed by atoms with Crippen LogP contribution in [0.3, 0.4) is 0 Å². The highest BCUT2D eigenvalue weighted by Gasteiger charge is 2.21. The summed E-state index contributed by atoms with van der Waals surface area (Å²) >= 11 is 1.46. The Morgan fingerprint density at radius 1 is 1.47 bits per heavy atom. The summed E-state index contributed by atoms with van der Waals surface area (Å²) in [6.07, 6.45) is 2.26. The van der Waals surface area contributed by atoms with Crippen molar-refractivity contribution in [2.24, 2.45) is 0 Å². The molecule has 0 unspecified atom stereocenters. The Balaban J connectivity index is 1.98. The maximum absolute atomic E-state index is 14.0. The first-order chi connectivity index (χ1) is 9.29. The second kappa shape index (κ2) is 5.27. The van der Waals surface area contributed by atoms with Gasteiger partial charge >= 0.3 is 0 Å².